The Labute approximate surface area is 113 Å². The number of nitrogens with two attached hydrogens (primary N) is 1. The van der Waals surface area contributed by atoms with Gasteiger partial charge < -0.3 is 5.73 Å². The molecule has 0 aliphatic carbocycles. The summed E-state index contributed by atoms with van der Waals surface area (Å²) in [5.74, 6) is 2.39. The lowest BCUT2D eigenvalue weighted by molar-refractivity contribution is 0.565. The highest BCUT2D eigenvalue weighted by molar-refractivity contribution is 7.89. The Balaban J connectivity index is 3.11. The van der Waals surface area contributed by atoms with E-state index in [2.05, 4.69) is 10.6 Å². The molecule has 0 radical (unpaired) electrons. The van der Waals surface area contributed by atoms with Gasteiger partial charge in [-0.3, -0.25) is 0 Å². The smallest absolute Gasteiger partial charge is 0.245 e. The van der Waals surface area contributed by atoms with E-state index in [0.29, 0.717) is 6.42 Å². The second-order valence-corrected chi connectivity index (χ2v) is 5.85. The second kappa shape index (κ2) is 6.10. The first-order chi connectivity index (χ1) is 8.42. The molecule has 98 valence electrons. The van der Waals surface area contributed by atoms with Gasteiger partial charge in [-0.05, 0) is 18.6 Å². The van der Waals surface area contributed by atoms with Gasteiger partial charge in [-0.1, -0.05) is 36.9 Å². The lowest BCUT2D eigenvalue weighted by Gasteiger charge is -2.14. The number of terminal acetylenes is 1. The lowest BCUT2D eigenvalue weighted by Crippen LogP contribution is -2.34. The van der Waals surface area contributed by atoms with E-state index in [9.17, 15) is 8.42 Å². The van der Waals surface area contributed by atoms with E-state index < -0.39 is 16.1 Å². The van der Waals surface area contributed by atoms with E-state index in [1.807, 2.05) is 6.92 Å². The lowest BCUT2D eigenvalue weighted by atomic mass is 10.2. The molecule has 0 heterocycles. The number of hydrogen-bond donors (Lipinski definition) is 2. The summed E-state index contributed by atoms with van der Waals surface area (Å²) >= 11 is 5.87. The first kappa shape index (κ1) is 14.8. The van der Waals surface area contributed by atoms with Gasteiger partial charge in [-0.25, -0.2) is 8.42 Å². The quantitative estimate of drug-likeness (QED) is 0.642. The number of halogens is 1. The normalized spacial score (nSPS) is 12.9. The summed E-state index contributed by atoms with van der Waals surface area (Å²) in [5.41, 5.74) is 5.74. The summed E-state index contributed by atoms with van der Waals surface area (Å²) in [7, 11) is -3.80. The van der Waals surface area contributed by atoms with Gasteiger partial charge >= 0.3 is 0 Å². The molecular weight excluding hydrogens is 272 g/mol. The number of sulfonamides is 1. The van der Waals surface area contributed by atoms with Crippen molar-refractivity contribution in [2.45, 2.75) is 30.7 Å². The van der Waals surface area contributed by atoms with Gasteiger partial charge in [0.15, 0.2) is 0 Å². The van der Waals surface area contributed by atoms with Crippen molar-refractivity contribution in [2.75, 3.05) is 5.73 Å². The van der Waals surface area contributed by atoms with Crippen molar-refractivity contribution in [1.29, 1.82) is 0 Å². The van der Waals surface area contributed by atoms with Crippen LogP contribution in [0, 0.1) is 12.3 Å². The number of hydrogen-bond acceptors (Lipinski definition) is 3. The number of nitrogen functional groups attached to an aromatic ring is 1. The third-order valence-electron chi connectivity index (χ3n) is 2.34. The van der Waals surface area contributed by atoms with Crippen molar-refractivity contribution >= 4 is 27.3 Å². The summed E-state index contributed by atoms with van der Waals surface area (Å²) in [6.07, 6.45) is 6.61. The van der Waals surface area contributed by atoms with Crippen LogP contribution in [0.4, 0.5) is 5.69 Å². The molecule has 0 bridgehead atoms. The molecule has 1 atom stereocenters. The molecule has 6 heteroatoms. The van der Waals surface area contributed by atoms with Crippen LogP contribution >= 0.6 is 11.6 Å². The molecular formula is C12H15ClN2O2S. The van der Waals surface area contributed by atoms with Crippen LogP contribution in [0.1, 0.15) is 19.8 Å². The van der Waals surface area contributed by atoms with Crippen LogP contribution in [0.5, 0.6) is 0 Å². The molecule has 0 spiro atoms. The summed E-state index contributed by atoms with van der Waals surface area (Å²) in [6, 6.07) is 3.97. The average molecular weight is 287 g/mol. The number of benzene rings is 1. The predicted molar refractivity (Wildman–Crippen MR) is 73.7 cm³/mol. The van der Waals surface area contributed by atoms with Gasteiger partial charge in [0.2, 0.25) is 10.0 Å². The van der Waals surface area contributed by atoms with Gasteiger partial charge in [-0.15, -0.1) is 6.42 Å². The van der Waals surface area contributed by atoms with E-state index in [4.69, 9.17) is 23.8 Å². The van der Waals surface area contributed by atoms with E-state index in [1.165, 1.54) is 12.1 Å². The highest BCUT2D eigenvalue weighted by atomic mass is 35.5. The van der Waals surface area contributed by atoms with E-state index in [1.54, 1.807) is 6.07 Å². The Morgan fingerprint density at radius 2 is 2.22 bits per heavy atom. The molecule has 0 saturated carbocycles. The summed E-state index contributed by atoms with van der Waals surface area (Å²) in [6.45, 7) is 1.92. The van der Waals surface area contributed by atoms with Crippen LogP contribution in [-0.2, 0) is 10.0 Å². The Morgan fingerprint density at radius 1 is 1.56 bits per heavy atom. The molecule has 0 aliphatic heterocycles. The van der Waals surface area contributed by atoms with Gasteiger partial charge in [-0.2, -0.15) is 4.72 Å². The van der Waals surface area contributed by atoms with Crippen molar-refractivity contribution in [3.8, 4) is 12.3 Å². The molecule has 0 amide bonds. The summed E-state index contributed by atoms with van der Waals surface area (Å²) in [5, 5.41) is 0.0785. The van der Waals surface area contributed by atoms with Crippen LogP contribution in [0.25, 0.3) is 0 Å². The molecule has 1 aromatic rings. The predicted octanol–water partition coefficient (Wildman–Crippen LogP) is 2.00. The van der Waals surface area contributed by atoms with Crippen LogP contribution in [0.3, 0.4) is 0 Å². The minimum Gasteiger partial charge on any atom is -0.398 e. The average Bonchev–Trinajstić information content (AvgIpc) is 2.27. The first-order valence-corrected chi connectivity index (χ1v) is 7.31. The molecule has 18 heavy (non-hydrogen) atoms. The standard InChI is InChI=1S/C12H15ClN2O2S/c1-3-6-9(4-2)15-18(16,17)12-10(13)7-5-8-11(12)14/h2,5,7-9,15H,3,6,14H2,1H3. The molecule has 1 aromatic carbocycles. The fourth-order valence-electron chi connectivity index (χ4n) is 1.52. The fourth-order valence-corrected chi connectivity index (χ4v) is 3.39. The minimum absolute atomic E-state index is 0.0785. The molecule has 0 fully saturated rings. The zero-order valence-electron chi connectivity index (χ0n) is 9.98. The van der Waals surface area contributed by atoms with E-state index >= 15 is 0 Å². The second-order valence-electron chi connectivity index (χ2n) is 3.79. The molecule has 0 aliphatic rings. The molecule has 1 unspecified atom stereocenters. The third-order valence-corrected chi connectivity index (χ3v) is 4.36. The monoisotopic (exact) mass is 286 g/mol. The summed E-state index contributed by atoms with van der Waals surface area (Å²) < 4.78 is 26.7. The third kappa shape index (κ3) is 3.39. The number of rotatable bonds is 5. The molecule has 1 rings (SSSR count). The van der Waals surface area contributed by atoms with Crippen molar-refractivity contribution in [1.82, 2.24) is 4.72 Å². The number of anilines is 1. The van der Waals surface area contributed by atoms with E-state index in [-0.39, 0.29) is 15.6 Å². The highest BCUT2D eigenvalue weighted by Crippen LogP contribution is 2.27. The van der Waals surface area contributed by atoms with E-state index in [0.717, 1.165) is 6.42 Å². The largest absolute Gasteiger partial charge is 0.398 e. The Bertz CT molecular complexity index is 544. The Morgan fingerprint density at radius 3 is 2.72 bits per heavy atom. The molecule has 3 N–H and O–H groups in total. The summed E-state index contributed by atoms with van der Waals surface area (Å²) in [4.78, 5) is -0.122. The van der Waals surface area contributed by atoms with Crippen LogP contribution in [0.2, 0.25) is 5.02 Å². The zero-order chi connectivity index (χ0) is 13.8. The van der Waals surface area contributed by atoms with Crippen molar-refractivity contribution in [3.05, 3.63) is 23.2 Å². The van der Waals surface area contributed by atoms with Gasteiger partial charge in [0.05, 0.1) is 16.8 Å². The van der Waals surface area contributed by atoms with Crippen molar-refractivity contribution in [2.24, 2.45) is 0 Å². The van der Waals surface area contributed by atoms with Crippen LogP contribution in [0.15, 0.2) is 23.1 Å². The van der Waals surface area contributed by atoms with Crippen molar-refractivity contribution in [3.63, 3.8) is 0 Å². The highest BCUT2D eigenvalue weighted by Gasteiger charge is 2.23. The molecule has 0 aromatic heterocycles. The maximum absolute atomic E-state index is 12.1. The van der Waals surface area contributed by atoms with Gasteiger partial charge in [0, 0.05) is 0 Å². The topological polar surface area (TPSA) is 72.2 Å². The molecule has 0 saturated heterocycles. The maximum atomic E-state index is 12.1. The van der Waals surface area contributed by atoms with Crippen LogP contribution in [-0.4, -0.2) is 14.5 Å². The Kier molecular flexibility index (Phi) is 5.03. The van der Waals surface area contributed by atoms with Crippen molar-refractivity contribution < 1.29 is 8.42 Å². The minimum atomic E-state index is -3.80. The van der Waals surface area contributed by atoms with Crippen LogP contribution < -0.4 is 10.5 Å². The first-order valence-electron chi connectivity index (χ1n) is 5.44. The molecule has 4 nitrogen and oxygen atoms in total. The van der Waals surface area contributed by atoms with Gasteiger partial charge in [0.1, 0.15) is 4.90 Å². The maximum Gasteiger partial charge on any atom is 0.245 e. The zero-order valence-corrected chi connectivity index (χ0v) is 11.6. The fraction of sp³-hybridized carbons (Fsp3) is 0.333. The Hall–Kier alpha value is -1.22. The number of nitrogens with one attached hydrogen (secondary N) is 1. The van der Waals surface area contributed by atoms with Gasteiger partial charge in [0.25, 0.3) is 0 Å². The SMILES string of the molecule is C#CC(CCC)NS(=O)(=O)c1c(N)cccc1Cl.